The molecule has 0 bridgehead atoms. The van der Waals surface area contributed by atoms with Crippen LogP contribution in [-0.2, 0) is 4.84 Å². The van der Waals surface area contributed by atoms with Gasteiger partial charge in [0.15, 0.2) is 0 Å². The van der Waals surface area contributed by atoms with Gasteiger partial charge in [-0.3, -0.25) is 0 Å². The number of nitrogens with one attached hydrogen (secondary N) is 3. The van der Waals surface area contributed by atoms with Gasteiger partial charge in [-0.2, -0.15) is 11.0 Å². The lowest BCUT2D eigenvalue weighted by atomic mass is 10.5. The molecule has 0 saturated heterocycles. The minimum atomic E-state index is -0.843. The Kier molecular flexibility index (Phi) is 9.91. The van der Waals surface area contributed by atoms with Gasteiger partial charge in [-0.1, -0.05) is 0 Å². The monoisotopic (exact) mass is 235 g/mol. The number of nitrogens with zero attached hydrogens (tertiary/aromatic N) is 1. The second-order valence-corrected chi connectivity index (χ2v) is 2.95. The van der Waals surface area contributed by atoms with Gasteiger partial charge in [0.05, 0.1) is 0 Å². The van der Waals surface area contributed by atoms with Gasteiger partial charge in [-0.15, -0.1) is 0 Å². The first-order valence-corrected chi connectivity index (χ1v) is 5.03. The maximum Gasteiger partial charge on any atom is 0.457 e. The van der Waals surface area contributed by atoms with Gasteiger partial charge in [0.25, 0.3) is 0 Å². The third-order valence-corrected chi connectivity index (χ3v) is 1.68. The van der Waals surface area contributed by atoms with Crippen molar-refractivity contribution < 1.29 is 9.63 Å². The van der Waals surface area contributed by atoms with Crippen molar-refractivity contribution in [2.24, 2.45) is 17.5 Å². The van der Waals surface area contributed by atoms with Gasteiger partial charge in [0, 0.05) is 39.3 Å². The SMILES string of the molecule is NCCNCCNCCNN(N)C(=O)ON. The van der Waals surface area contributed by atoms with E-state index in [4.69, 9.17) is 11.6 Å². The molecule has 96 valence electrons. The number of carbonyl (C=O) groups is 1. The first-order chi connectivity index (χ1) is 7.72. The molecule has 0 unspecified atom stereocenters. The molecule has 0 heterocycles. The molecule has 0 aliphatic heterocycles. The number of nitrogens with two attached hydrogens (primary N) is 3. The molecule has 0 saturated carbocycles. The second-order valence-electron chi connectivity index (χ2n) is 2.95. The lowest BCUT2D eigenvalue weighted by Crippen LogP contribution is -2.51. The first kappa shape index (κ1) is 15.0. The summed E-state index contributed by atoms with van der Waals surface area (Å²) in [6, 6.07) is 0. The van der Waals surface area contributed by atoms with Crippen LogP contribution < -0.4 is 33.5 Å². The molecule has 0 aromatic carbocycles. The average molecular weight is 235 g/mol. The molecule has 0 aliphatic rings. The number of carbonyl (C=O) groups excluding carboxylic acids is 1. The quantitative estimate of drug-likeness (QED) is 0.106. The molecule has 9 N–H and O–H groups in total. The van der Waals surface area contributed by atoms with Gasteiger partial charge < -0.3 is 21.2 Å². The fourth-order valence-electron chi connectivity index (χ4n) is 0.915. The van der Waals surface area contributed by atoms with Crippen molar-refractivity contribution in [1.82, 2.24) is 21.2 Å². The lowest BCUT2D eigenvalue weighted by molar-refractivity contribution is 0.0830. The molecule has 0 aliphatic carbocycles. The van der Waals surface area contributed by atoms with Crippen LogP contribution >= 0.6 is 0 Å². The summed E-state index contributed by atoms with van der Waals surface area (Å²) < 4.78 is 0. The Morgan fingerprint density at radius 2 is 1.69 bits per heavy atom. The first-order valence-electron chi connectivity index (χ1n) is 5.03. The van der Waals surface area contributed by atoms with Crippen molar-refractivity contribution in [2.45, 2.75) is 0 Å². The van der Waals surface area contributed by atoms with Crippen LogP contribution in [0, 0.1) is 0 Å². The van der Waals surface area contributed by atoms with E-state index >= 15 is 0 Å². The summed E-state index contributed by atoms with van der Waals surface area (Å²) in [6.07, 6.45) is -0.843. The molecule has 16 heavy (non-hydrogen) atoms. The third-order valence-electron chi connectivity index (χ3n) is 1.68. The van der Waals surface area contributed by atoms with Crippen LogP contribution in [0.2, 0.25) is 0 Å². The topological polar surface area (TPSA) is 144 Å². The Morgan fingerprint density at radius 3 is 2.25 bits per heavy atom. The lowest BCUT2D eigenvalue weighted by Gasteiger charge is -2.15. The summed E-state index contributed by atoms with van der Waals surface area (Å²) >= 11 is 0. The van der Waals surface area contributed by atoms with Crippen LogP contribution in [0.15, 0.2) is 0 Å². The fraction of sp³-hybridized carbons (Fsp3) is 0.857. The van der Waals surface area contributed by atoms with Gasteiger partial charge >= 0.3 is 6.09 Å². The van der Waals surface area contributed by atoms with E-state index in [2.05, 4.69) is 26.8 Å². The summed E-state index contributed by atoms with van der Waals surface area (Å²) in [5, 5.41) is 6.94. The van der Waals surface area contributed by atoms with Crippen molar-refractivity contribution in [3.05, 3.63) is 0 Å². The van der Waals surface area contributed by atoms with E-state index in [1.54, 1.807) is 0 Å². The van der Waals surface area contributed by atoms with E-state index in [1.807, 2.05) is 0 Å². The number of hydrogen-bond donors (Lipinski definition) is 6. The number of amides is 1. The average Bonchev–Trinajstić information content (AvgIpc) is 2.31. The van der Waals surface area contributed by atoms with Crippen LogP contribution in [0.5, 0.6) is 0 Å². The van der Waals surface area contributed by atoms with Gasteiger partial charge in [-0.25, -0.2) is 16.1 Å². The number of hydrazine groups is 2. The summed E-state index contributed by atoms with van der Waals surface area (Å²) in [7, 11) is 0. The van der Waals surface area contributed by atoms with Crippen LogP contribution in [0.1, 0.15) is 0 Å². The van der Waals surface area contributed by atoms with E-state index < -0.39 is 6.09 Å². The molecule has 0 rings (SSSR count). The Balaban J connectivity index is 3.17. The maximum atomic E-state index is 10.7. The number of rotatable bonds is 9. The van der Waals surface area contributed by atoms with E-state index in [-0.39, 0.29) is 0 Å². The highest BCUT2D eigenvalue weighted by molar-refractivity contribution is 5.65. The zero-order chi connectivity index (χ0) is 12.2. The molecule has 0 aromatic rings. The second kappa shape index (κ2) is 10.5. The Morgan fingerprint density at radius 1 is 1.12 bits per heavy atom. The summed E-state index contributed by atoms with van der Waals surface area (Å²) in [5.74, 6) is 9.85. The van der Waals surface area contributed by atoms with Crippen LogP contribution in [0.3, 0.4) is 0 Å². The minimum Gasteiger partial charge on any atom is -0.355 e. The molecule has 0 radical (unpaired) electrons. The highest BCUT2D eigenvalue weighted by Crippen LogP contribution is 1.75. The highest BCUT2D eigenvalue weighted by atomic mass is 16.7. The Hall–Kier alpha value is -0.970. The van der Waals surface area contributed by atoms with E-state index in [1.165, 1.54) is 0 Å². The molecule has 0 spiro atoms. The van der Waals surface area contributed by atoms with Crippen molar-refractivity contribution in [1.29, 1.82) is 0 Å². The molecule has 9 heteroatoms. The molecule has 1 amide bonds. The zero-order valence-electron chi connectivity index (χ0n) is 9.24. The fourth-order valence-corrected chi connectivity index (χ4v) is 0.915. The van der Waals surface area contributed by atoms with Crippen LogP contribution in [0.25, 0.3) is 0 Å². The van der Waals surface area contributed by atoms with E-state index in [9.17, 15) is 4.79 Å². The molecule has 0 fully saturated rings. The molecule has 9 nitrogen and oxygen atoms in total. The molecular weight excluding hydrogens is 214 g/mol. The number of hydrogen-bond acceptors (Lipinski definition) is 8. The van der Waals surface area contributed by atoms with Crippen LogP contribution in [0.4, 0.5) is 4.79 Å². The Bertz CT molecular complexity index is 180. The van der Waals surface area contributed by atoms with E-state index in [0.717, 1.165) is 19.6 Å². The van der Waals surface area contributed by atoms with Crippen molar-refractivity contribution in [2.75, 3.05) is 39.3 Å². The van der Waals surface area contributed by atoms with E-state index in [0.29, 0.717) is 24.8 Å². The van der Waals surface area contributed by atoms with Crippen molar-refractivity contribution in [3.63, 3.8) is 0 Å². The predicted octanol–water partition coefficient (Wildman–Crippen LogP) is -3.19. The van der Waals surface area contributed by atoms with Gasteiger partial charge in [0.1, 0.15) is 0 Å². The standard InChI is InChI=1S/C7H21N7O2/c8-1-2-11-3-4-12-5-6-13-14(9)7(15)16-10/h11-13H,1-6,8-10H2. The Labute approximate surface area is 94.5 Å². The maximum absolute atomic E-state index is 10.7. The normalized spacial score (nSPS) is 10.2. The third kappa shape index (κ3) is 8.35. The largest absolute Gasteiger partial charge is 0.457 e. The van der Waals surface area contributed by atoms with Crippen LogP contribution in [-0.4, -0.2) is 50.5 Å². The molecule has 0 atom stereocenters. The zero-order valence-corrected chi connectivity index (χ0v) is 9.24. The summed E-state index contributed by atoms with van der Waals surface area (Å²) in [6.45, 7) is 4.24. The summed E-state index contributed by atoms with van der Waals surface area (Å²) in [5.41, 5.74) is 7.89. The smallest absolute Gasteiger partial charge is 0.355 e. The van der Waals surface area contributed by atoms with Gasteiger partial charge in [0.2, 0.25) is 0 Å². The highest BCUT2D eigenvalue weighted by Gasteiger charge is 2.07. The van der Waals surface area contributed by atoms with Crippen molar-refractivity contribution >= 4 is 6.09 Å². The van der Waals surface area contributed by atoms with Crippen molar-refractivity contribution in [3.8, 4) is 0 Å². The summed E-state index contributed by atoms with van der Waals surface area (Å²) in [4.78, 5) is 14.6. The predicted molar refractivity (Wildman–Crippen MR) is 59.5 cm³/mol. The van der Waals surface area contributed by atoms with Gasteiger partial charge in [-0.05, 0) is 0 Å². The minimum absolute atomic E-state index is 0.489. The molecule has 0 aromatic heterocycles. The molecular formula is C7H21N7O2.